The van der Waals surface area contributed by atoms with E-state index in [0.29, 0.717) is 17.9 Å². The van der Waals surface area contributed by atoms with Crippen LogP contribution in [0.2, 0.25) is 0 Å². The maximum Gasteiger partial charge on any atom is 0.122 e. The third-order valence-corrected chi connectivity index (χ3v) is 3.48. The summed E-state index contributed by atoms with van der Waals surface area (Å²) in [4.78, 5) is 0. The second kappa shape index (κ2) is 4.96. The molecular formula is C17H20O2. The van der Waals surface area contributed by atoms with E-state index >= 15 is 0 Å². The summed E-state index contributed by atoms with van der Waals surface area (Å²) in [5.74, 6) is 0.626. The zero-order chi connectivity index (χ0) is 14.2. The second-order valence-corrected chi connectivity index (χ2v) is 5.35. The highest BCUT2D eigenvalue weighted by Crippen LogP contribution is 2.31. The fraction of sp³-hybridized carbons (Fsp3) is 0.294. The summed E-state index contributed by atoms with van der Waals surface area (Å²) in [7, 11) is 0. The van der Waals surface area contributed by atoms with Crippen LogP contribution in [0.5, 0.6) is 11.5 Å². The zero-order valence-electron chi connectivity index (χ0n) is 11.9. The number of hydrogen-bond donors (Lipinski definition) is 2. The molecule has 2 heteroatoms. The molecule has 0 fully saturated rings. The van der Waals surface area contributed by atoms with E-state index in [2.05, 4.69) is 6.07 Å². The fourth-order valence-electron chi connectivity index (χ4n) is 2.58. The van der Waals surface area contributed by atoms with E-state index in [9.17, 15) is 10.2 Å². The first kappa shape index (κ1) is 13.5. The van der Waals surface area contributed by atoms with Crippen LogP contribution >= 0.6 is 0 Å². The average molecular weight is 256 g/mol. The highest BCUT2D eigenvalue weighted by molar-refractivity contribution is 5.50. The highest BCUT2D eigenvalue weighted by Gasteiger charge is 2.11. The van der Waals surface area contributed by atoms with E-state index < -0.39 is 0 Å². The van der Waals surface area contributed by atoms with Gasteiger partial charge >= 0.3 is 0 Å². The minimum Gasteiger partial charge on any atom is -0.508 e. The van der Waals surface area contributed by atoms with Gasteiger partial charge in [0.05, 0.1) is 0 Å². The van der Waals surface area contributed by atoms with Gasteiger partial charge in [-0.2, -0.15) is 0 Å². The number of aryl methyl sites for hydroxylation is 4. The number of benzene rings is 2. The lowest BCUT2D eigenvalue weighted by molar-refractivity contribution is 0.459. The first-order valence-corrected chi connectivity index (χ1v) is 6.46. The van der Waals surface area contributed by atoms with Gasteiger partial charge in [-0.1, -0.05) is 23.8 Å². The molecule has 2 N–H and O–H groups in total. The van der Waals surface area contributed by atoms with Crippen LogP contribution < -0.4 is 0 Å². The summed E-state index contributed by atoms with van der Waals surface area (Å²) in [6, 6.07) is 7.75. The number of rotatable bonds is 2. The topological polar surface area (TPSA) is 40.5 Å². The summed E-state index contributed by atoms with van der Waals surface area (Å²) < 4.78 is 0. The van der Waals surface area contributed by atoms with Crippen molar-refractivity contribution < 1.29 is 10.2 Å². The van der Waals surface area contributed by atoms with Crippen LogP contribution in [0.3, 0.4) is 0 Å². The Morgan fingerprint density at radius 2 is 1.37 bits per heavy atom. The Labute approximate surface area is 114 Å². The molecule has 2 aromatic rings. The fourth-order valence-corrected chi connectivity index (χ4v) is 2.58. The Balaban J connectivity index is 2.48. The quantitative estimate of drug-likeness (QED) is 0.855. The monoisotopic (exact) mass is 256 g/mol. The molecule has 0 aliphatic carbocycles. The smallest absolute Gasteiger partial charge is 0.122 e. The van der Waals surface area contributed by atoms with Crippen molar-refractivity contribution in [3.05, 3.63) is 57.6 Å². The first-order valence-electron chi connectivity index (χ1n) is 6.46. The SMILES string of the molecule is Cc1cc(C)c(Cc2cc(C)cc(C)c2O)c(O)c1. The second-order valence-electron chi connectivity index (χ2n) is 5.35. The van der Waals surface area contributed by atoms with Crippen LogP contribution in [0, 0.1) is 27.7 Å². The lowest BCUT2D eigenvalue weighted by atomic mass is 9.95. The summed E-state index contributed by atoms with van der Waals surface area (Å²) >= 11 is 0. The molecule has 0 amide bonds. The van der Waals surface area contributed by atoms with Crippen molar-refractivity contribution in [2.24, 2.45) is 0 Å². The van der Waals surface area contributed by atoms with E-state index in [-0.39, 0.29) is 0 Å². The van der Waals surface area contributed by atoms with Gasteiger partial charge in [-0.25, -0.2) is 0 Å². The number of hydrogen-bond acceptors (Lipinski definition) is 2. The number of phenols is 2. The van der Waals surface area contributed by atoms with Gasteiger partial charge in [0, 0.05) is 12.0 Å². The molecule has 0 heterocycles. The molecule has 0 aliphatic rings. The maximum atomic E-state index is 10.1. The van der Waals surface area contributed by atoms with E-state index in [1.54, 1.807) is 6.07 Å². The molecular weight excluding hydrogens is 236 g/mol. The molecule has 0 bridgehead atoms. The minimum atomic E-state index is 0.302. The van der Waals surface area contributed by atoms with Gasteiger partial charge in [-0.15, -0.1) is 0 Å². The molecule has 2 rings (SSSR count). The average Bonchev–Trinajstić information content (AvgIpc) is 2.29. The maximum absolute atomic E-state index is 10.1. The molecule has 0 aromatic heterocycles. The van der Waals surface area contributed by atoms with Gasteiger partial charge < -0.3 is 10.2 Å². The Hall–Kier alpha value is -1.96. The van der Waals surface area contributed by atoms with Crippen molar-refractivity contribution in [1.82, 2.24) is 0 Å². The summed E-state index contributed by atoms with van der Waals surface area (Å²) in [6.07, 6.45) is 0.548. The largest absolute Gasteiger partial charge is 0.508 e. The van der Waals surface area contributed by atoms with Crippen molar-refractivity contribution in [2.75, 3.05) is 0 Å². The number of phenolic OH excluding ortho intramolecular Hbond substituents is 2. The van der Waals surface area contributed by atoms with E-state index in [1.165, 1.54) is 0 Å². The molecule has 0 saturated carbocycles. The highest BCUT2D eigenvalue weighted by atomic mass is 16.3. The standard InChI is InChI=1S/C17H20O2/c1-10-6-13(4)17(19)14(7-10)9-15-12(3)5-11(2)8-16(15)18/h5-8,18-19H,9H2,1-4H3. The Morgan fingerprint density at radius 3 is 2.00 bits per heavy atom. The third-order valence-electron chi connectivity index (χ3n) is 3.48. The molecule has 0 aliphatic heterocycles. The lowest BCUT2D eigenvalue weighted by Crippen LogP contribution is -1.96. The molecule has 100 valence electrons. The van der Waals surface area contributed by atoms with Crippen LogP contribution in [0.4, 0.5) is 0 Å². The molecule has 0 radical (unpaired) electrons. The minimum absolute atomic E-state index is 0.302. The Kier molecular flexibility index (Phi) is 3.52. The van der Waals surface area contributed by atoms with E-state index in [1.807, 2.05) is 39.8 Å². The summed E-state index contributed by atoms with van der Waals surface area (Å²) in [6.45, 7) is 7.86. The van der Waals surface area contributed by atoms with Crippen molar-refractivity contribution in [1.29, 1.82) is 0 Å². The van der Waals surface area contributed by atoms with Crippen LogP contribution in [-0.2, 0) is 6.42 Å². The molecule has 2 aromatic carbocycles. The molecule has 0 atom stereocenters. The van der Waals surface area contributed by atoms with Gasteiger partial charge in [-0.3, -0.25) is 0 Å². The third kappa shape index (κ3) is 2.73. The van der Waals surface area contributed by atoms with Crippen LogP contribution in [0.25, 0.3) is 0 Å². The molecule has 19 heavy (non-hydrogen) atoms. The first-order chi connectivity index (χ1) is 8.88. The number of aromatic hydroxyl groups is 2. The van der Waals surface area contributed by atoms with Gasteiger partial charge in [-0.05, 0) is 56.0 Å². The van der Waals surface area contributed by atoms with Crippen molar-refractivity contribution in [2.45, 2.75) is 34.1 Å². The molecule has 0 saturated heterocycles. The molecule has 2 nitrogen and oxygen atoms in total. The van der Waals surface area contributed by atoms with Crippen LogP contribution in [-0.4, -0.2) is 10.2 Å². The van der Waals surface area contributed by atoms with Crippen molar-refractivity contribution in [3.63, 3.8) is 0 Å². The van der Waals surface area contributed by atoms with Crippen LogP contribution in [0.15, 0.2) is 24.3 Å². The van der Waals surface area contributed by atoms with Gasteiger partial charge in [0.15, 0.2) is 0 Å². The Morgan fingerprint density at radius 1 is 0.789 bits per heavy atom. The lowest BCUT2D eigenvalue weighted by Gasteiger charge is -2.13. The molecule has 0 unspecified atom stereocenters. The summed E-state index contributed by atoms with van der Waals surface area (Å²) in [5.41, 5.74) is 5.83. The Bertz CT molecular complexity index is 604. The van der Waals surface area contributed by atoms with E-state index in [4.69, 9.17) is 0 Å². The van der Waals surface area contributed by atoms with Crippen molar-refractivity contribution in [3.8, 4) is 11.5 Å². The predicted octanol–water partition coefficient (Wildman–Crippen LogP) is 3.92. The molecule has 0 spiro atoms. The predicted molar refractivity (Wildman–Crippen MR) is 78.0 cm³/mol. The van der Waals surface area contributed by atoms with Gasteiger partial charge in [0.1, 0.15) is 11.5 Å². The zero-order valence-corrected chi connectivity index (χ0v) is 11.9. The van der Waals surface area contributed by atoms with Crippen molar-refractivity contribution >= 4 is 0 Å². The normalized spacial score (nSPS) is 10.7. The van der Waals surface area contributed by atoms with Crippen LogP contribution in [0.1, 0.15) is 33.4 Å². The van der Waals surface area contributed by atoms with Gasteiger partial charge in [0.25, 0.3) is 0 Å². The van der Waals surface area contributed by atoms with E-state index in [0.717, 1.165) is 33.4 Å². The van der Waals surface area contributed by atoms with Gasteiger partial charge in [0.2, 0.25) is 0 Å². The summed E-state index contributed by atoms with van der Waals surface area (Å²) in [5, 5.41) is 20.2.